The van der Waals surface area contributed by atoms with Crippen molar-refractivity contribution in [1.29, 1.82) is 10.7 Å². The highest BCUT2D eigenvalue weighted by Crippen LogP contribution is 2.46. The number of fused-ring (bicyclic) bond motifs is 3. The molecule has 0 fully saturated rings. The largest absolute Gasteiger partial charge is 0.497 e. The summed E-state index contributed by atoms with van der Waals surface area (Å²) in [6, 6.07) is 23.3. The van der Waals surface area contributed by atoms with Gasteiger partial charge in [-0.2, -0.15) is 62.6 Å². The summed E-state index contributed by atoms with van der Waals surface area (Å²) in [6.07, 6.45) is 1.51. The van der Waals surface area contributed by atoms with Crippen LogP contribution in [0.25, 0.3) is 16.7 Å². The summed E-state index contributed by atoms with van der Waals surface area (Å²) < 4.78 is 245. The van der Waals surface area contributed by atoms with Gasteiger partial charge in [0.1, 0.15) is 56.3 Å². The predicted octanol–water partition coefficient (Wildman–Crippen LogP) is 10.9. The first-order valence-corrected chi connectivity index (χ1v) is 44.5. The molecule has 9 rings (SSSR count). The quantitative estimate of drug-likeness (QED) is 0.00262. The number of aryl methyl sites for hydroxylation is 2. The van der Waals surface area contributed by atoms with Crippen LogP contribution in [0.15, 0.2) is 164 Å². The lowest BCUT2D eigenvalue weighted by Crippen LogP contribution is -2.08. The molecule has 0 aliphatic heterocycles. The number of thioether (sulfide) groups is 2. The van der Waals surface area contributed by atoms with Gasteiger partial charge in [-0.1, -0.05) is 12.1 Å². The number of methoxy groups -OCH3 is 1. The number of nitro groups is 1. The Morgan fingerprint density at radius 2 is 1.12 bits per heavy atom. The number of imidazole rings is 1. The van der Waals surface area contributed by atoms with E-state index in [1.165, 1.54) is 73.0 Å². The van der Waals surface area contributed by atoms with E-state index in [-0.39, 0.29) is 127 Å². The summed E-state index contributed by atoms with van der Waals surface area (Å²) in [5, 5.41) is 88.7. The summed E-state index contributed by atoms with van der Waals surface area (Å²) in [5.74, 6) is -2.71. The number of nitrogens with zero attached hydrogens (tertiary/aromatic N) is 15. The van der Waals surface area contributed by atoms with Crippen LogP contribution in [0.5, 0.6) is 17.4 Å². The molecule has 10 N–H and O–H groups in total. The van der Waals surface area contributed by atoms with Crippen LogP contribution in [-0.2, 0) is 87.2 Å². The number of aromatic hydroxyl groups is 1. The average molecular weight is 1820 g/mol. The van der Waals surface area contributed by atoms with Gasteiger partial charge in [-0.3, -0.25) is 37.3 Å². The van der Waals surface area contributed by atoms with Crippen LogP contribution in [0.4, 0.5) is 74.5 Å². The Balaban J connectivity index is 0.00000130. The first-order valence-electron chi connectivity index (χ1n) is 31.6. The molecule has 0 saturated carbocycles. The average Bonchev–Trinajstić information content (AvgIpc) is 1.59. The molecule has 0 saturated heterocycles. The van der Waals surface area contributed by atoms with E-state index >= 15 is 0 Å². The number of aromatic nitrogens is 5. The maximum absolute atomic E-state index is 12.3. The molecule has 0 bridgehead atoms. The van der Waals surface area contributed by atoms with Gasteiger partial charge in [0.15, 0.2) is 22.4 Å². The zero-order valence-electron chi connectivity index (χ0n) is 59.9. The number of nitrogens with one attached hydrogen (secondary N) is 3. The van der Waals surface area contributed by atoms with Crippen molar-refractivity contribution >= 4 is 204 Å². The highest BCUT2D eigenvalue weighted by Gasteiger charge is 2.25. The van der Waals surface area contributed by atoms with Gasteiger partial charge in [0, 0.05) is 45.8 Å². The molecule has 0 aliphatic rings. The van der Waals surface area contributed by atoms with Crippen LogP contribution in [0.1, 0.15) is 41.5 Å². The second kappa shape index (κ2) is 42.6. The summed E-state index contributed by atoms with van der Waals surface area (Å²) >= 11 is 0.395. The number of nitriles is 1. The van der Waals surface area contributed by atoms with Crippen LogP contribution in [0.2, 0.25) is 0 Å². The highest BCUT2D eigenvalue weighted by molar-refractivity contribution is 7.99. The van der Waals surface area contributed by atoms with Gasteiger partial charge in [0.2, 0.25) is 17.8 Å². The molecule has 1 atom stereocenters. The Kier molecular flexibility index (Phi) is 34.5. The number of anilines is 4. The van der Waals surface area contributed by atoms with E-state index in [2.05, 4.69) is 81.9 Å². The van der Waals surface area contributed by atoms with E-state index in [1.54, 1.807) is 32.0 Å². The Labute approximate surface area is 676 Å². The highest BCUT2D eigenvalue weighted by atomic mass is 32.2. The maximum Gasteiger partial charge on any atom is 0.425 e. The summed E-state index contributed by atoms with van der Waals surface area (Å²) in [6.45, 7) is 4.29. The van der Waals surface area contributed by atoms with Crippen LogP contribution in [0.3, 0.4) is 0 Å². The molecule has 0 aliphatic carbocycles. The number of hydrogen-bond acceptors (Lipinski definition) is 42. The van der Waals surface area contributed by atoms with Gasteiger partial charge in [-0.25, -0.2) is 24.4 Å². The fraction of sp³-hybridized carbons (Fsp3) is 0.233. The van der Waals surface area contributed by atoms with E-state index in [1.807, 2.05) is 0 Å². The number of benzene rings is 6. The molecule has 3 heterocycles. The monoisotopic (exact) mass is 1820 g/mol. The Hall–Kier alpha value is -11.2. The molecule has 47 nitrogen and oxygen atoms in total. The van der Waals surface area contributed by atoms with Gasteiger partial charge in [-0.15, -0.1) is 83.8 Å². The molecule has 624 valence electrons. The number of pyridine rings is 1. The van der Waals surface area contributed by atoms with Crippen LogP contribution in [-0.4, -0.2) is 188 Å². The second-order valence-corrected chi connectivity index (χ2v) is 34.3. The minimum absolute atomic E-state index is 0.00389. The second-order valence-electron chi connectivity index (χ2n) is 22.6. The fourth-order valence-corrected chi connectivity index (χ4v) is 14.7. The van der Waals surface area contributed by atoms with E-state index in [0.717, 1.165) is 54.3 Å². The molecule has 117 heavy (non-hydrogen) atoms. The lowest BCUT2D eigenvalue weighted by Gasteiger charge is -2.14. The number of hydrogen-bond donors (Lipinski definition) is 10. The van der Waals surface area contributed by atoms with Crippen molar-refractivity contribution in [3.63, 3.8) is 0 Å². The molecule has 0 radical (unpaired) electrons. The number of rotatable bonds is 34. The van der Waals surface area contributed by atoms with Crippen molar-refractivity contribution in [2.24, 2.45) is 40.9 Å². The predicted molar refractivity (Wildman–Crippen MR) is 416 cm³/mol. The smallest absolute Gasteiger partial charge is 0.425 e. The summed E-state index contributed by atoms with van der Waals surface area (Å²) in [7, 11) is -27.9. The van der Waals surface area contributed by atoms with Gasteiger partial charge >= 0.3 is 21.2 Å². The Bertz CT molecular complexity index is 6300. The van der Waals surface area contributed by atoms with Crippen LogP contribution < -0.4 is 20.1 Å². The lowest BCUT2D eigenvalue weighted by atomic mass is 10.1. The molecule has 57 heteroatoms. The Morgan fingerprint density at radius 1 is 0.615 bits per heavy atom. The molecule has 9 aromatic rings. The first kappa shape index (κ1) is 94.7. The number of azo groups is 4. The molecule has 0 spiro atoms. The van der Waals surface area contributed by atoms with Crippen molar-refractivity contribution < 1.29 is 123 Å². The third kappa shape index (κ3) is 29.8. The van der Waals surface area contributed by atoms with Gasteiger partial charge < -0.3 is 30.6 Å². The van der Waals surface area contributed by atoms with E-state index in [9.17, 15) is 89.5 Å². The molecular formula is C60H60N18O29S10. The zero-order valence-corrected chi connectivity index (χ0v) is 68.0. The number of para-hydroxylation sites is 1. The van der Waals surface area contributed by atoms with Crippen molar-refractivity contribution in [3.05, 3.63) is 136 Å². The number of nitro benzene ring substituents is 1. The molecular weight excluding hydrogens is 1760 g/mol. The molecule has 3 aromatic heterocycles. The number of non-ortho nitro benzene ring substituents is 1. The van der Waals surface area contributed by atoms with E-state index in [0.29, 0.717) is 38.9 Å². The molecule has 6 aromatic carbocycles. The van der Waals surface area contributed by atoms with Crippen molar-refractivity contribution in [3.8, 4) is 23.4 Å². The first-order chi connectivity index (χ1) is 54.8. The van der Waals surface area contributed by atoms with Gasteiger partial charge in [0.25, 0.3) is 56.3 Å². The minimum atomic E-state index is -5.06. The third-order valence-corrected chi connectivity index (χ3v) is 21.5. The van der Waals surface area contributed by atoms with Crippen molar-refractivity contribution in [2.45, 2.75) is 59.6 Å². The molecule has 0 amide bonds. The van der Waals surface area contributed by atoms with E-state index < -0.39 is 139 Å². The van der Waals surface area contributed by atoms with Gasteiger partial charge in [0.05, 0.1) is 86.8 Å². The summed E-state index contributed by atoms with van der Waals surface area (Å²) in [5.41, 5.74) is 0.347. The van der Waals surface area contributed by atoms with Crippen LogP contribution >= 0.6 is 23.5 Å². The normalized spacial score (nSPS) is 12.1. The summed E-state index contributed by atoms with van der Waals surface area (Å²) in [4.78, 5) is 27.0. The topological polar surface area (TPSA) is 729 Å². The maximum atomic E-state index is 12.3. The SMILES string of the molecule is COc1ccc2c(c1)nc1c(C#N)c(C)c(N=Nc3cc(Nc4ncnc(Nc5ccccc5S(=O)(=O)O)n4)c(N=Nc4cc(C)c(N=Nc5cc(C)c(N=Nc6ccc([N+](=O)[O-])cc6S(=O)(=O)O)cc5SCCCS(=O)(=O)O)cc4SCCCS(=O)(=O)O)cc3OCCCS(=O)(=O)O)c(O)n12.N=CCS(=O)OO.O=S(=O)=O.O=S(=O)=O. The molecule has 1 unspecified atom stereocenters. The van der Waals surface area contributed by atoms with E-state index in [4.69, 9.17) is 45.4 Å². The van der Waals surface area contributed by atoms with Gasteiger partial charge in [-0.05, 0) is 123 Å². The fourth-order valence-electron chi connectivity index (χ4n) is 9.40. The third-order valence-electron chi connectivity index (χ3n) is 14.4. The zero-order chi connectivity index (χ0) is 86.9. The van der Waals surface area contributed by atoms with Crippen molar-refractivity contribution in [1.82, 2.24) is 24.3 Å². The minimum Gasteiger partial charge on any atom is -0.497 e. The van der Waals surface area contributed by atoms with Crippen molar-refractivity contribution in [2.75, 3.05) is 58.9 Å². The lowest BCUT2D eigenvalue weighted by molar-refractivity contribution is -0.385. The van der Waals surface area contributed by atoms with Crippen LogP contribution in [0, 0.1) is 47.6 Å². The number of ether oxygens (including phenoxy) is 2. The Morgan fingerprint density at radius 3 is 1.62 bits per heavy atom. The standard InChI is InChI=1S/C58H55N17O20S7.C2H5NO3S.2O3S/c1-32-22-46(50(96-17-8-20-99(82,83)84)28-40(32)67-66-39-14-12-35(75(77)78)24-53(39)102(91,92)93)71-68-41-29-51(97-18-9-21-100(85,86)87)47(23-33(41)2)72-69-43-27-49(95-16-7-19-98(79,80)81)45(26-42(43)64-58-61-31-60-57(65-58)63-38-10-5-6-11-52(38)101(88,89)90)70-73-54-34(3)37(30-59)55-62-44-25-36(94-4)13-15-48(44)74(55)56(54)76;3-1-2-7(5)6-4;2*1-4(2)3/h5-6,10-15,22-29,31,76H,7-9,16-21H2,1-4H3,(H,79,80,81)(H,82,83,84)(H,85,86,87)(H,88,89,90)(H,91,92,93)(H2,60,61,63,64,65);1,3-4H,2H2;;.